The average molecular weight is 921 g/mol. The number of carbonyl (C=O) groups is 2. The van der Waals surface area contributed by atoms with E-state index in [1.54, 1.807) is 0 Å². The first-order valence-electron chi connectivity index (χ1n) is 18.4. The van der Waals surface area contributed by atoms with Crippen LogP contribution in [0.5, 0.6) is 0 Å². The number of phosphoric ester groups is 4. The number of hydrogen-bond acceptors (Lipinski definition) is 14. The van der Waals surface area contributed by atoms with Crippen molar-refractivity contribution in [3.05, 3.63) is 0 Å². The first-order chi connectivity index (χ1) is 27.6. The number of aliphatic hydroxyl groups is 1. The lowest BCUT2D eigenvalue weighted by molar-refractivity contribution is -0.165. The summed E-state index contributed by atoms with van der Waals surface area (Å²) in [6, 6.07) is 0. The highest BCUT2D eigenvalue weighted by atomic mass is 31.2. The Labute approximate surface area is 342 Å². The minimum absolute atomic E-state index is 0.0857. The molecule has 0 aromatic carbocycles. The largest absolute Gasteiger partial charge is 0.472 e. The van der Waals surface area contributed by atoms with E-state index in [2.05, 4.69) is 50.1 Å². The van der Waals surface area contributed by atoms with Crippen molar-refractivity contribution in [3.8, 4) is 47.9 Å². The zero-order chi connectivity index (χ0) is 44.5. The van der Waals surface area contributed by atoms with Gasteiger partial charge in [0, 0.05) is 18.8 Å². The quantitative estimate of drug-likeness (QED) is 0.0183. The van der Waals surface area contributed by atoms with Crippen molar-refractivity contribution in [1.29, 1.82) is 0 Å². The van der Waals surface area contributed by atoms with Crippen LogP contribution in [0.1, 0.15) is 103 Å². The highest BCUT2D eigenvalue weighted by Gasteiger charge is 2.54. The van der Waals surface area contributed by atoms with Gasteiger partial charge in [0.15, 0.2) is 6.10 Å². The maximum atomic E-state index is 13.1. The Balaban J connectivity index is 3.00. The van der Waals surface area contributed by atoms with Gasteiger partial charge >= 0.3 is 43.2 Å². The van der Waals surface area contributed by atoms with Crippen LogP contribution < -0.4 is 0 Å². The molecule has 0 bridgehead atoms. The van der Waals surface area contributed by atoms with Crippen LogP contribution in [0.25, 0.3) is 0 Å². The van der Waals surface area contributed by atoms with Gasteiger partial charge in [0.1, 0.15) is 37.1 Å². The van der Waals surface area contributed by atoms with Gasteiger partial charge in [0.2, 0.25) is 0 Å². The third-order valence-corrected chi connectivity index (χ3v) is 10.6. The molecule has 7 atom stereocenters. The number of terminal acetylenes is 1. The molecule has 0 radical (unpaired) electrons. The van der Waals surface area contributed by atoms with Crippen molar-refractivity contribution < 1.29 is 99.3 Å². The summed E-state index contributed by atoms with van der Waals surface area (Å²) in [6.07, 6.45) is 3.76. The minimum atomic E-state index is -5.70. The first kappa shape index (κ1) is 54.6. The second-order valence-corrected chi connectivity index (χ2v) is 18.0. The number of unbranched alkanes of at least 4 members (excludes halogenated alkanes) is 12. The van der Waals surface area contributed by atoms with Crippen LogP contribution in [-0.2, 0) is 59.9 Å². The van der Waals surface area contributed by atoms with Crippen LogP contribution in [0.15, 0.2) is 0 Å². The molecule has 1 saturated carbocycles. The zero-order valence-corrected chi connectivity index (χ0v) is 35.8. The van der Waals surface area contributed by atoms with E-state index >= 15 is 0 Å². The molecule has 1 fully saturated rings. The normalized spacial score (nSPS) is 20.8. The Morgan fingerprint density at radius 1 is 0.644 bits per heavy atom. The van der Waals surface area contributed by atoms with Gasteiger partial charge in [-0.15, -0.1) is 6.42 Å². The first-order valence-corrected chi connectivity index (χ1v) is 24.5. The fraction of sp³-hybridized carbons (Fsp3) is 0.706. The van der Waals surface area contributed by atoms with Gasteiger partial charge in [-0.3, -0.25) is 27.4 Å². The van der Waals surface area contributed by atoms with Crippen LogP contribution in [0, 0.1) is 47.9 Å². The molecule has 0 heterocycles. The molecule has 21 nitrogen and oxygen atoms in total. The van der Waals surface area contributed by atoms with E-state index in [0.29, 0.717) is 12.8 Å². The molecule has 0 spiro atoms. The predicted octanol–water partition coefficient (Wildman–Crippen LogP) is 3.27. The number of carbonyl (C=O) groups excluding carboxylic acids is 2. The minimum Gasteiger partial charge on any atom is -0.456 e. The molecule has 0 amide bonds. The highest BCUT2D eigenvalue weighted by Crippen LogP contribution is 2.53. The number of esters is 2. The maximum Gasteiger partial charge on any atom is 0.472 e. The third-order valence-electron chi connectivity index (χ3n) is 8.02. The van der Waals surface area contributed by atoms with Gasteiger partial charge in [-0.2, -0.15) is 0 Å². The van der Waals surface area contributed by atoms with Crippen molar-refractivity contribution in [2.75, 3.05) is 13.2 Å². The monoisotopic (exact) mass is 920 g/mol. The summed E-state index contributed by atoms with van der Waals surface area (Å²) in [7, 11) is -22.5. The molecular weight excluding hydrogens is 868 g/mol. The van der Waals surface area contributed by atoms with E-state index in [9.17, 15) is 67.2 Å². The fourth-order valence-corrected chi connectivity index (χ4v) is 8.18. The Kier molecular flexibility index (Phi) is 26.1. The van der Waals surface area contributed by atoms with E-state index in [-0.39, 0.29) is 6.42 Å². The topological polar surface area (TPSA) is 329 Å². The van der Waals surface area contributed by atoms with Gasteiger partial charge < -0.3 is 48.8 Å². The molecule has 0 aliphatic heterocycles. The molecule has 0 aromatic heterocycles. The molecule has 0 aromatic rings. The van der Waals surface area contributed by atoms with E-state index in [0.717, 1.165) is 25.7 Å². The Morgan fingerprint density at radius 2 is 1.14 bits per heavy atom. The third kappa shape index (κ3) is 27.9. The predicted molar refractivity (Wildman–Crippen MR) is 205 cm³/mol. The second-order valence-electron chi connectivity index (χ2n) is 13.0. The summed E-state index contributed by atoms with van der Waals surface area (Å²) in [5.74, 6) is 13.1. The summed E-state index contributed by atoms with van der Waals surface area (Å²) in [6.45, 7) is 0.364. The molecule has 4 unspecified atom stereocenters. The summed E-state index contributed by atoms with van der Waals surface area (Å²) >= 11 is 0. The summed E-state index contributed by atoms with van der Waals surface area (Å²) in [4.78, 5) is 91.4. The Hall–Kier alpha value is -2.42. The number of aliphatic hydroxyl groups excluding tert-OH is 1. The molecule has 334 valence electrons. The van der Waals surface area contributed by atoms with Gasteiger partial charge in [-0.25, -0.2) is 23.1 Å². The summed E-state index contributed by atoms with van der Waals surface area (Å²) in [5.41, 5.74) is 0. The van der Waals surface area contributed by atoms with E-state index in [1.165, 1.54) is 44.9 Å². The molecule has 8 N–H and O–H groups in total. The molecular formula is C34H52O21P4. The van der Waals surface area contributed by atoms with Crippen LogP contribution in [0.3, 0.4) is 0 Å². The van der Waals surface area contributed by atoms with Gasteiger partial charge in [-0.1, -0.05) is 84.0 Å². The standard InChI is InChI=1S/C34H52O21P4/c1-3-5-7-9-11-12-13-14-15-16-17-19-21-23-31(36)51-27(25-49-30(35)22-20-18-10-8-6-4-2)26-50-59(47,48)53-28-24-29(52-56(38,39)40)33(54-57(41,42)43)34(32(28)37)55-58(44,45)46/h2,27-29,32-34,37H,3,5,7,9,11-17,19,21,23-26H2,1H3,(H,47,48)(H2,38,39,40)(H2,41,42,43)(H2,44,45,46)/t27-,28?,29?,32?,33-,34+/m1/s1. The number of phosphoric acid groups is 4. The lowest BCUT2D eigenvalue weighted by Crippen LogP contribution is -2.58. The van der Waals surface area contributed by atoms with Crippen molar-refractivity contribution in [2.24, 2.45) is 0 Å². The summed E-state index contributed by atoms with van der Waals surface area (Å²) in [5, 5.41) is 10.8. The van der Waals surface area contributed by atoms with Crippen molar-refractivity contribution in [3.63, 3.8) is 0 Å². The maximum absolute atomic E-state index is 13.1. The summed E-state index contributed by atoms with van der Waals surface area (Å²) < 4.78 is 81.1. The van der Waals surface area contributed by atoms with Crippen molar-refractivity contribution in [1.82, 2.24) is 0 Å². The highest BCUT2D eigenvalue weighted by molar-refractivity contribution is 7.47. The number of hydrogen-bond donors (Lipinski definition) is 8. The molecule has 1 aliphatic rings. The Bertz CT molecular complexity index is 1750. The van der Waals surface area contributed by atoms with Crippen LogP contribution >= 0.6 is 31.3 Å². The molecule has 1 aliphatic carbocycles. The van der Waals surface area contributed by atoms with Crippen molar-refractivity contribution >= 4 is 43.2 Å². The Morgan fingerprint density at radius 3 is 1.66 bits per heavy atom. The second kappa shape index (κ2) is 28.2. The SMILES string of the molecule is C#CC#CC#CC#CC(=O)OC[C@H](COP(=O)(O)OC1CC(OP(=O)(O)O)[C@@H](OP(=O)(O)O)[C@@H](OP(=O)(O)O)C1O)OC(=O)CCCCCCCCCCCCCCC. The van der Waals surface area contributed by atoms with E-state index < -0.39 is 99.5 Å². The van der Waals surface area contributed by atoms with Gasteiger partial charge in [-0.05, 0) is 41.9 Å². The number of ether oxygens (including phenoxy) is 2. The van der Waals surface area contributed by atoms with Crippen LogP contribution in [-0.4, -0.2) is 101 Å². The number of rotatable bonds is 28. The average Bonchev–Trinajstić information content (AvgIpc) is 3.11. The lowest BCUT2D eigenvalue weighted by Gasteiger charge is -2.43. The molecule has 59 heavy (non-hydrogen) atoms. The lowest BCUT2D eigenvalue weighted by atomic mass is 9.87. The van der Waals surface area contributed by atoms with E-state index in [1.807, 2.05) is 11.8 Å². The zero-order valence-electron chi connectivity index (χ0n) is 32.2. The van der Waals surface area contributed by atoms with E-state index in [4.69, 9.17) is 24.9 Å². The smallest absolute Gasteiger partial charge is 0.456 e. The van der Waals surface area contributed by atoms with Crippen LogP contribution in [0.2, 0.25) is 0 Å². The van der Waals surface area contributed by atoms with Crippen LogP contribution in [0.4, 0.5) is 0 Å². The molecule has 25 heteroatoms. The molecule has 1 rings (SSSR count). The fourth-order valence-electron chi connectivity index (χ4n) is 5.52. The molecule has 0 saturated heterocycles. The van der Waals surface area contributed by atoms with Gasteiger partial charge in [0.05, 0.1) is 6.61 Å². The van der Waals surface area contributed by atoms with Crippen molar-refractivity contribution in [2.45, 2.75) is 140 Å². The van der Waals surface area contributed by atoms with Gasteiger partial charge in [0.25, 0.3) is 0 Å².